The summed E-state index contributed by atoms with van der Waals surface area (Å²) < 4.78 is 0. The molecule has 0 atom stereocenters. The fourth-order valence-electron chi connectivity index (χ4n) is 4.46. The number of benzene rings is 4. The number of nitrogens with zero attached hydrogens (tertiary/aromatic N) is 7. The van der Waals surface area contributed by atoms with Gasteiger partial charge in [-0.25, -0.2) is 0 Å². The van der Waals surface area contributed by atoms with Crippen LogP contribution >= 0.6 is 81.5 Å². The summed E-state index contributed by atoms with van der Waals surface area (Å²) in [4.78, 5) is 29.7. The second-order valence-corrected chi connectivity index (χ2v) is 13.0. The van der Waals surface area contributed by atoms with Crippen LogP contribution in [0.15, 0.2) is 117 Å². The zero-order chi connectivity index (χ0) is 31.3. The number of rotatable bonds is 1. The van der Waals surface area contributed by atoms with Crippen LogP contribution in [0.4, 0.5) is 17.3 Å². The molecule has 14 heteroatoms. The maximum absolute atomic E-state index is 5.94. The largest absolute Gasteiger partial charge is 0.277 e. The summed E-state index contributed by atoms with van der Waals surface area (Å²) in [6.07, 6.45) is 1.08. The molecule has 0 aliphatic carbocycles. The normalized spacial score (nSPS) is 12.2. The fourth-order valence-corrected chi connectivity index (χ4v) is 7.56. The van der Waals surface area contributed by atoms with Gasteiger partial charge >= 0.3 is 0 Å². The fraction of sp³-hybridized carbons (Fsp3) is 0.0323. The van der Waals surface area contributed by atoms with Crippen molar-refractivity contribution in [2.24, 2.45) is 0 Å². The van der Waals surface area contributed by atoms with Gasteiger partial charge in [0.05, 0.1) is 11.4 Å². The molecule has 0 amide bonds. The Hall–Kier alpha value is -3.15. The quantitative estimate of drug-likeness (QED) is 0.164. The average molecular weight is 730 g/mol. The van der Waals surface area contributed by atoms with Gasteiger partial charge < -0.3 is 0 Å². The van der Waals surface area contributed by atoms with Crippen LogP contribution in [0.2, 0.25) is 26.4 Å². The molecule has 7 nitrogen and oxygen atoms in total. The first kappa shape index (κ1) is 31.8. The molecule has 4 heterocycles. The lowest BCUT2D eigenvalue weighted by Gasteiger charge is -2.30. The number of hydrogen-bond donors (Lipinski definition) is 0. The van der Waals surface area contributed by atoms with E-state index in [1.807, 2.05) is 53.1 Å². The van der Waals surface area contributed by atoms with Crippen molar-refractivity contribution < 1.29 is 0 Å². The molecule has 2 aliphatic heterocycles. The Morgan fingerprint density at radius 2 is 0.756 bits per heavy atom. The van der Waals surface area contributed by atoms with Crippen LogP contribution in [-0.4, -0.2) is 29.9 Å². The third kappa shape index (κ3) is 7.81. The van der Waals surface area contributed by atoms with E-state index in [1.54, 1.807) is 11.8 Å². The van der Waals surface area contributed by atoms with Gasteiger partial charge in [-0.05, 0) is 112 Å². The standard InChI is InChI=1S/C15H8Cl2N4S.C13H10S.C3Cl3N3/c16-13-18-14(17)20-15(19-13)21-9-5-1-3-7-11(9)22-12-8-4-2-6-10(12)21;1-3-7-12-10(5-1)9-11-6-2-4-8-13(11)14-12;4-1-7-2(5)9-3(6)8-1/h1-8H;1-8H,9H2;. The molecule has 0 radical (unpaired) electrons. The minimum Gasteiger partial charge on any atom is -0.277 e. The van der Waals surface area contributed by atoms with Crippen molar-refractivity contribution in [3.8, 4) is 0 Å². The van der Waals surface area contributed by atoms with Crippen molar-refractivity contribution in [2.45, 2.75) is 26.0 Å². The molecule has 0 saturated carbocycles. The topological polar surface area (TPSA) is 80.6 Å². The van der Waals surface area contributed by atoms with Crippen LogP contribution < -0.4 is 4.90 Å². The maximum atomic E-state index is 5.94. The Balaban J connectivity index is 0.000000132. The van der Waals surface area contributed by atoms with E-state index in [-0.39, 0.29) is 26.4 Å². The van der Waals surface area contributed by atoms with Crippen molar-refractivity contribution in [3.05, 3.63) is 135 Å². The van der Waals surface area contributed by atoms with E-state index in [9.17, 15) is 0 Å². The second kappa shape index (κ2) is 14.5. The van der Waals surface area contributed by atoms with Gasteiger partial charge in [0.25, 0.3) is 0 Å². The van der Waals surface area contributed by atoms with Crippen LogP contribution in [0, 0.1) is 0 Å². The predicted octanol–water partition coefficient (Wildman–Crippen LogP) is 10.7. The van der Waals surface area contributed by atoms with Crippen molar-refractivity contribution in [2.75, 3.05) is 4.90 Å². The second-order valence-electron chi connectivity index (χ2n) is 9.18. The number of anilines is 3. The van der Waals surface area contributed by atoms with Gasteiger partial charge in [0.1, 0.15) is 0 Å². The highest BCUT2D eigenvalue weighted by Crippen LogP contribution is 2.50. The monoisotopic (exact) mass is 727 g/mol. The summed E-state index contributed by atoms with van der Waals surface area (Å²) in [5, 5.41) is 0.145. The van der Waals surface area contributed by atoms with Crippen LogP contribution in [0.5, 0.6) is 0 Å². The van der Waals surface area contributed by atoms with E-state index in [4.69, 9.17) is 58.0 Å². The van der Waals surface area contributed by atoms with Gasteiger partial charge in [-0.1, -0.05) is 84.2 Å². The molecule has 0 bridgehead atoms. The molecule has 4 aromatic carbocycles. The molecule has 224 valence electrons. The number of halogens is 5. The molecule has 2 aliphatic rings. The van der Waals surface area contributed by atoms with Crippen molar-refractivity contribution in [1.29, 1.82) is 0 Å². The van der Waals surface area contributed by atoms with E-state index in [2.05, 4.69) is 90.6 Å². The van der Waals surface area contributed by atoms with E-state index < -0.39 is 0 Å². The predicted molar refractivity (Wildman–Crippen MR) is 183 cm³/mol. The van der Waals surface area contributed by atoms with Crippen LogP contribution in [-0.2, 0) is 6.42 Å². The third-order valence-electron chi connectivity index (χ3n) is 6.30. The molecular formula is C31H18Cl5N7S2. The first-order valence-corrected chi connectivity index (χ1v) is 16.7. The first-order valence-electron chi connectivity index (χ1n) is 13.1. The molecule has 2 aromatic heterocycles. The molecule has 8 rings (SSSR count). The van der Waals surface area contributed by atoms with Gasteiger partial charge in [-0.15, -0.1) is 0 Å². The van der Waals surface area contributed by atoms with E-state index in [1.165, 1.54) is 20.9 Å². The van der Waals surface area contributed by atoms with Gasteiger partial charge in [0.15, 0.2) is 0 Å². The first-order chi connectivity index (χ1) is 21.8. The summed E-state index contributed by atoms with van der Waals surface area (Å²) in [5.74, 6) is 0.408. The number of fused-ring (bicyclic) bond motifs is 4. The summed E-state index contributed by atoms with van der Waals surface area (Å²) in [7, 11) is 0. The van der Waals surface area contributed by atoms with Crippen molar-refractivity contribution in [1.82, 2.24) is 29.9 Å². The average Bonchev–Trinajstić information content (AvgIpc) is 3.02. The summed E-state index contributed by atoms with van der Waals surface area (Å²) >= 11 is 31.4. The highest BCUT2D eigenvalue weighted by atomic mass is 35.5. The van der Waals surface area contributed by atoms with Crippen LogP contribution in [0.25, 0.3) is 0 Å². The summed E-state index contributed by atoms with van der Waals surface area (Å²) in [6.45, 7) is 0. The lowest BCUT2D eigenvalue weighted by Crippen LogP contribution is -2.17. The zero-order valence-electron chi connectivity index (χ0n) is 22.8. The SMILES string of the molecule is Clc1nc(Cl)nc(Cl)n1.Clc1nc(Cl)nc(N2c3ccccc3Sc3ccccc32)n1.c1ccc2c(c1)Cc1ccccc1S2. The number of hydrogen-bond acceptors (Lipinski definition) is 9. The molecular weight excluding hydrogens is 712 g/mol. The summed E-state index contributed by atoms with van der Waals surface area (Å²) in [5.41, 5.74) is 4.89. The Bertz CT molecular complexity index is 1800. The lowest BCUT2D eigenvalue weighted by atomic mass is 10.0. The zero-order valence-corrected chi connectivity index (χ0v) is 28.2. The minimum atomic E-state index is 0.000000000000000444. The molecule has 45 heavy (non-hydrogen) atoms. The van der Waals surface area contributed by atoms with Crippen LogP contribution in [0.1, 0.15) is 11.1 Å². The molecule has 0 saturated heterocycles. The van der Waals surface area contributed by atoms with E-state index in [0.717, 1.165) is 27.6 Å². The Kier molecular flexibility index (Phi) is 10.3. The smallest absolute Gasteiger partial charge is 0.240 e. The summed E-state index contributed by atoms with van der Waals surface area (Å²) in [6, 6.07) is 33.4. The number of aromatic nitrogens is 6. The Labute approximate surface area is 292 Å². The van der Waals surface area contributed by atoms with Gasteiger partial charge in [0.2, 0.25) is 32.4 Å². The molecule has 0 N–H and O–H groups in total. The Morgan fingerprint density at radius 1 is 0.422 bits per heavy atom. The van der Waals surface area contributed by atoms with Gasteiger partial charge in [-0.2, -0.15) is 29.9 Å². The van der Waals surface area contributed by atoms with Crippen molar-refractivity contribution in [3.63, 3.8) is 0 Å². The van der Waals surface area contributed by atoms with E-state index >= 15 is 0 Å². The van der Waals surface area contributed by atoms with Gasteiger partial charge in [0, 0.05) is 19.6 Å². The Morgan fingerprint density at radius 3 is 1.20 bits per heavy atom. The van der Waals surface area contributed by atoms with Crippen LogP contribution in [0.3, 0.4) is 0 Å². The van der Waals surface area contributed by atoms with Gasteiger partial charge in [-0.3, -0.25) is 4.90 Å². The third-order valence-corrected chi connectivity index (χ3v) is 9.51. The molecule has 0 spiro atoms. The lowest BCUT2D eigenvalue weighted by molar-refractivity contribution is 0.990. The molecule has 0 unspecified atom stereocenters. The highest BCUT2D eigenvalue weighted by molar-refractivity contribution is 8.00. The van der Waals surface area contributed by atoms with Crippen molar-refractivity contribution >= 4 is 98.9 Å². The molecule has 0 fully saturated rings. The highest BCUT2D eigenvalue weighted by Gasteiger charge is 2.26. The number of para-hydroxylation sites is 2. The minimum absolute atomic E-state index is 0.000000000000000444. The molecule has 6 aromatic rings. The maximum Gasteiger partial charge on any atom is 0.240 e. The van der Waals surface area contributed by atoms with E-state index in [0.29, 0.717) is 5.95 Å².